The van der Waals surface area contributed by atoms with Crippen molar-refractivity contribution in [3.8, 4) is 0 Å². The van der Waals surface area contributed by atoms with Crippen LogP contribution in [-0.4, -0.2) is 52.6 Å². The van der Waals surface area contributed by atoms with Crippen LogP contribution in [-0.2, 0) is 19.9 Å². The molecule has 1 saturated heterocycles. The molecule has 2 heterocycles. The van der Waals surface area contributed by atoms with Gasteiger partial charge in [-0.15, -0.1) is 0 Å². The summed E-state index contributed by atoms with van der Waals surface area (Å²) in [6, 6.07) is 12.4. The Morgan fingerprint density at radius 1 is 1.16 bits per heavy atom. The number of halogens is 1. The maximum Gasteiger partial charge on any atom is 0.272 e. The molecule has 0 radical (unpaired) electrons. The molecule has 4 N–H and O–H groups in total. The number of amides is 3. The monoisotopic (exact) mass is 518 g/mol. The quantitative estimate of drug-likeness (QED) is 0.271. The zero-order valence-corrected chi connectivity index (χ0v) is 20.6. The summed E-state index contributed by atoms with van der Waals surface area (Å²) in [5.41, 5.74) is 6.78. The Labute approximate surface area is 218 Å². The van der Waals surface area contributed by atoms with E-state index in [1.165, 1.54) is 54.7 Å². The van der Waals surface area contributed by atoms with Crippen LogP contribution < -0.4 is 21.3 Å². The van der Waals surface area contributed by atoms with Crippen LogP contribution in [0.1, 0.15) is 29.4 Å². The number of rotatable bonds is 10. The topological polar surface area (TPSA) is 147 Å². The van der Waals surface area contributed by atoms with Crippen molar-refractivity contribution in [1.29, 1.82) is 0 Å². The lowest BCUT2D eigenvalue weighted by Crippen LogP contribution is -2.65. The minimum absolute atomic E-state index is 0.0401. The minimum Gasteiger partial charge on any atom is -0.345 e. The number of carbonyl (C=O) groups excluding carboxylic acids is 4. The van der Waals surface area contributed by atoms with Gasteiger partial charge in [0.05, 0.1) is 23.7 Å². The summed E-state index contributed by atoms with van der Waals surface area (Å²) in [6.07, 6.45) is 4.53. The number of hydrogen-bond donors (Lipinski definition) is 3. The summed E-state index contributed by atoms with van der Waals surface area (Å²) in [5.74, 6) is -2.58. The van der Waals surface area contributed by atoms with Crippen molar-refractivity contribution in [2.75, 3.05) is 11.4 Å². The van der Waals surface area contributed by atoms with Crippen molar-refractivity contribution in [3.63, 3.8) is 0 Å². The zero-order chi connectivity index (χ0) is 27.3. The van der Waals surface area contributed by atoms with Gasteiger partial charge in [0.2, 0.25) is 11.8 Å². The Hall–Kier alpha value is -4.51. The molecule has 0 spiro atoms. The SMILES string of the molecule is C[C@H](NC(=O)c1cnccn1)C(=O)NC(C=O)C[C@](N)(c1ccccc1)C1CN(c2ccc(F)cc2)C1=O. The van der Waals surface area contributed by atoms with Gasteiger partial charge in [-0.05, 0) is 43.2 Å². The molecule has 38 heavy (non-hydrogen) atoms. The predicted octanol–water partition coefficient (Wildman–Crippen LogP) is 1.33. The third-order valence-electron chi connectivity index (χ3n) is 6.59. The Morgan fingerprint density at radius 3 is 2.47 bits per heavy atom. The summed E-state index contributed by atoms with van der Waals surface area (Å²) >= 11 is 0. The first-order chi connectivity index (χ1) is 18.2. The van der Waals surface area contributed by atoms with Crippen LogP contribution in [0.5, 0.6) is 0 Å². The number of aldehydes is 1. The maximum atomic E-state index is 13.3. The van der Waals surface area contributed by atoms with Gasteiger partial charge in [0.1, 0.15) is 23.8 Å². The lowest BCUT2D eigenvalue weighted by Gasteiger charge is -2.48. The summed E-state index contributed by atoms with van der Waals surface area (Å²) < 4.78 is 13.3. The number of nitrogens with zero attached hydrogens (tertiary/aromatic N) is 3. The van der Waals surface area contributed by atoms with Gasteiger partial charge in [-0.25, -0.2) is 9.37 Å². The Kier molecular flexibility index (Phi) is 7.87. The minimum atomic E-state index is -1.29. The molecular weight excluding hydrogens is 491 g/mol. The molecule has 1 aromatic heterocycles. The molecule has 10 nitrogen and oxygen atoms in total. The third kappa shape index (κ3) is 5.57. The number of carbonyl (C=O) groups is 4. The molecule has 2 aromatic carbocycles. The van der Waals surface area contributed by atoms with Crippen molar-refractivity contribution >= 4 is 29.7 Å². The van der Waals surface area contributed by atoms with Gasteiger partial charge in [0.25, 0.3) is 5.91 Å². The van der Waals surface area contributed by atoms with Crippen LogP contribution in [0, 0.1) is 11.7 Å². The molecule has 196 valence electrons. The second kappa shape index (κ2) is 11.3. The van der Waals surface area contributed by atoms with E-state index < -0.39 is 41.2 Å². The number of nitrogens with one attached hydrogen (secondary N) is 2. The molecule has 11 heteroatoms. The average Bonchev–Trinajstić information content (AvgIpc) is 2.93. The third-order valence-corrected chi connectivity index (χ3v) is 6.59. The van der Waals surface area contributed by atoms with Crippen LogP contribution in [0.25, 0.3) is 0 Å². The first-order valence-electron chi connectivity index (χ1n) is 12.0. The molecule has 1 aliphatic heterocycles. The van der Waals surface area contributed by atoms with E-state index >= 15 is 0 Å². The summed E-state index contributed by atoms with van der Waals surface area (Å²) in [6.45, 7) is 1.72. The lowest BCUT2D eigenvalue weighted by atomic mass is 9.70. The molecule has 0 aliphatic carbocycles. The number of anilines is 1. The van der Waals surface area contributed by atoms with Gasteiger partial charge < -0.3 is 26.1 Å². The standard InChI is InChI=1S/C27H27FN6O4/c1-17(32-25(37)23-14-30-11-12-31-23)24(36)33-20(16-35)13-27(29,18-5-3-2-4-6-18)22-15-34(26(22)38)21-9-7-19(28)8-10-21/h2-12,14,16-17,20,22H,13,15,29H2,1H3,(H,32,37)(H,33,36)/t17-,20?,22?,27-/m0/s1. The highest BCUT2D eigenvalue weighted by Crippen LogP contribution is 2.40. The highest BCUT2D eigenvalue weighted by atomic mass is 19.1. The van der Waals surface area contributed by atoms with E-state index in [1.54, 1.807) is 30.3 Å². The Balaban J connectivity index is 1.48. The Bertz CT molecular complexity index is 1310. The van der Waals surface area contributed by atoms with Crippen LogP contribution in [0.4, 0.5) is 10.1 Å². The fourth-order valence-electron chi connectivity index (χ4n) is 4.43. The first-order valence-corrected chi connectivity index (χ1v) is 12.0. The van der Waals surface area contributed by atoms with Gasteiger partial charge in [0.15, 0.2) is 0 Å². The highest BCUT2D eigenvalue weighted by molar-refractivity contribution is 6.02. The highest BCUT2D eigenvalue weighted by Gasteiger charge is 2.51. The van der Waals surface area contributed by atoms with E-state index in [0.717, 1.165) is 0 Å². The van der Waals surface area contributed by atoms with E-state index in [0.29, 0.717) is 17.5 Å². The van der Waals surface area contributed by atoms with Crippen molar-refractivity contribution in [2.24, 2.45) is 11.7 Å². The van der Waals surface area contributed by atoms with E-state index in [9.17, 15) is 23.6 Å². The van der Waals surface area contributed by atoms with Crippen LogP contribution in [0.15, 0.2) is 73.2 Å². The number of benzene rings is 2. The lowest BCUT2D eigenvalue weighted by molar-refractivity contribution is -0.131. The van der Waals surface area contributed by atoms with Gasteiger partial charge >= 0.3 is 0 Å². The summed E-state index contributed by atoms with van der Waals surface area (Å²) in [5, 5.41) is 5.12. The van der Waals surface area contributed by atoms with Gasteiger partial charge in [0, 0.05) is 24.6 Å². The normalized spacial score (nSPS) is 17.9. The molecule has 3 amide bonds. The molecule has 2 unspecified atom stereocenters. The molecule has 3 aromatic rings. The van der Waals surface area contributed by atoms with Crippen LogP contribution in [0.3, 0.4) is 0 Å². The molecule has 1 aliphatic rings. The fraction of sp³-hybridized carbons (Fsp3) is 0.259. The fourth-order valence-corrected chi connectivity index (χ4v) is 4.43. The van der Waals surface area contributed by atoms with Crippen molar-refractivity contribution < 1.29 is 23.6 Å². The van der Waals surface area contributed by atoms with Crippen molar-refractivity contribution in [1.82, 2.24) is 20.6 Å². The van der Waals surface area contributed by atoms with Gasteiger partial charge in [-0.1, -0.05) is 30.3 Å². The smallest absolute Gasteiger partial charge is 0.272 e. The van der Waals surface area contributed by atoms with E-state index in [2.05, 4.69) is 20.6 Å². The van der Waals surface area contributed by atoms with E-state index in [-0.39, 0.29) is 24.6 Å². The van der Waals surface area contributed by atoms with Gasteiger partial charge in [-0.2, -0.15) is 0 Å². The maximum absolute atomic E-state index is 13.3. The molecular formula is C27H27FN6O4. The second-order valence-electron chi connectivity index (χ2n) is 9.13. The Morgan fingerprint density at radius 2 is 1.87 bits per heavy atom. The molecule has 0 bridgehead atoms. The van der Waals surface area contributed by atoms with Crippen LogP contribution >= 0.6 is 0 Å². The molecule has 4 rings (SSSR count). The van der Waals surface area contributed by atoms with Crippen molar-refractivity contribution in [3.05, 3.63) is 90.3 Å². The second-order valence-corrected chi connectivity index (χ2v) is 9.13. The number of aromatic nitrogens is 2. The zero-order valence-electron chi connectivity index (χ0n) is 20.6. The predicted molar refractivity (Wildman–Crippen MR) is 136 cm³/mol. The summed E-state index contributed by atoms with van der Waals surface area (Å²) in [7, 11) is 0. The molecule has 1 fully saturated rings. The first kappa shape index (κ1) is 26.6. The average molecular weight is 519 g/mol. The van der Waals surface area contributed by atoms with Crippen LogP contribution in [0.2, 0.25) is 0 Å². The number of β-lactam (4-membered cyclic amide) rings is 1. The summed E-state index contributed by atoms with van der Waals surface area (Å²) in [4.78, 5) is 59.6. The number of nitrogens with two attached hydrogens (primary N) is 1. The number of hydrogen-bond acceptors (Lipinski definition) is 7. The van der Waals surface area contributed by atoms with E-state index in [4.69, 9.17) is 5.73 Å². The van der Waals surface area contributed by atoms with Crippen molar-refractivity contribution in [2.45, 2.75) is 31.0 Å². The molecule has 4 atom stereocenters. The largest absolute Gasteiger partial charge is 0.345 e. The van der Waals surface area contributed by atoms with Gasteiger partial charge in [-0.3, -0.25) is 19.4 Å². The molecule has 0 saturated carbocycles. The van der Waals surface area contributed by atoms with E-state index in [1.807, 2.05) is 0 Å².